The highest BCUT2D eigenvalue weighted by Gasteiger charge is 2.41. The van der Waals surface area contributed by atoms with E-state index in [2.05, 4.69) is 252 Å². The predicted octanol–water partition coefficient (Wildman–Crippen LogP) is 12.4. The van der Waals surface area contributed by atoms with E-state index in [1.54, 1.807) is 0 Å². The van der Waals surface area contributed by atoms with E-state index in [9.17, 15) is 0 Å². The van der Waals surface area contributed by atoms with Crippen molar-refractivity contribution in [3.8, 4) is 45.5 Å². The van der Waals surface area contributed by atoms with Crippen LogP contribution >= 0.6 is 0 Å². The second-order valence-corrected chi connectivity index (χ2v) is 21.3. The Morgan fingerprint density at radius 1 is 0.290 bits per heavy atom. The van der Waals surface area contributed by atoms with Gasteiger partial charge in [0.15, 0.2) is 19.7 Å². The molecule has 3 aromatic heterocycles. The van der Waals surface area contributed by atoms with Gasteiger partial charge in [-0.2, -0.15) is 9.97 Å². The van der Waals surface area contributed by atoms with Crippen molar-refractivity contribution < 1.29 is 0 Å². The molecule has 13 aromatic rings. The fraction of sp³-hybridized carbons (Fsp3) is 0. The number of para-hydroxylation sites is 5. The van der Waals surface area contributed by atoms with E-state index < -0.39 is 8.07 Å². The van der Waals surface area contributed by atoms with Crippen LogP contribution in [0.2, 0.25) is 0 Å². The van der Waals surface area contributed by atoms with Gasteiger partial charge in [0.05, 0.1) is 27.8 Å². The summed E-state index contributed by atoms with van der Waals surface area (Å²) in [7, 11) is -2.87. The van der Waals surface area contributed by atoms with Gasteiger partial charge in [0.2, 0.25) is 5.95 Å². The van der Waals surface area contributed by atoms with Gasteiger partial charge in [0, 0.05) is 43.8 Å². The highest BCUT2D eigenvalue weighted by Crippen LogP contribution is 2.42. The molecule has 0 amide bonds. The molecule has 0 saturated carbocycles. The third-order valence-corrected chi connectivity index (χ3v) is 18.5. The van der Waals surface area contributed by atoms with Crippen LogP contribution in [0.15, 0.2) is 261 Å². The van der Waals surface area contributed by atoms with Crippen LogP contribution in [0.5, 0.6) is 0 Å². The minimum absolute atomic E-state index is 0.551. The van der Waals surface area contributed by atoms with Crippen molar-refractivity contribution in [2.45, 2.75) is 0 Å². The Hall–Kier alpha value is -8.97. The van der Waals surface area contributed by atoms with E-state index in [0.29, 0.717) is 17.6 Å². The van der Waals surface area contributed by atoms with Crippen LogP contribution in [-0.2, 0) is 0 Å². The molecule has 10 aromatic carbocycles. The third-order valence-electron chi connectivity index (χ3n) is 13.7. The number of benzene rings is 10. The third kappa shape index (κ3) is 6.56. The first kappa shape index (κ1) is 40.3. The summed E-state index contributed by atoms with van der Waals surface area (Å²) in [6.07, 6.45) is 0. The molecule has 13 rings (SSSR count). The molecule has 0 unspecified atom stereocenters. The van der Waals surface area contributed by atoms with Crippen LogP contribution < -0.4 is 20.7 Å². The van der Waals surface area contributed by atoms with Gasteiger partial charge in [-0.05, 0) is 45.0 Å². The largest absolute Gasteiger partial charge is 0.309 e. The van der Waals surface area contributed by atoms with Gasteiger partial charge in [-0.15, -0.1) is 0 Å². The van der Waals surface area contributed by atoms with Gasteiger partial charge < -0.3 is 4.57 Å². The summed E-state index contributed by atoms with van der Waals surface area (Å²) in [5.41, 5.74) is 9.49. The molecule has 0 atom stereocenters. The molecule has 0 saturated heterocycles. The SMILES string of the molecule is c1ccc(-c2nc(-c3cccc([Si](c4ccccc4)(c4ccccc4)c4ccccc4)c3)nc(-n3c4ccccc4c4cccc(-c5ccccc5-n5c6ccccc6c6ccccc65)c43)n2)cc1. The van der Waals surface area contributed by atoms with E-state index in [1.165, 1.54) is 31.5 Å². The second-order valence-electron chi connectivity index (χ2n) is 17.5. The highest BCUT2D eigenvalue weighted by atomic mass is 28.3. The van der Waals surface area contributed by atoms with Crippen molar-refractivity contribution in [1.82, 2.24) is 24.1 Å². The Morgan fingerprint density at radius 3 is 1.29 bits per heavy atom. The van der Waals surface area contributed by atoms with E-state index in [0.717, 1.165) is 60.8 Å². The highest BCUT2D eigenvalue weighted by molar-refractivity contribution is 7.19. The summed E-state index contributed by atoms with van der Waals surface area (Å²) in [6.45, 7) is 0. The molecule has 0 N–H and O–H groups in total. The predicted molar refractivity (Wildman–Crippen MR) is 288 cm³/mol. The van der Waals surface area contributed by atoms with Crippen molar-refractivity contribution in [3.63, 3.8) is 0 Å². The van der Waals surface area contributed by atoms with Crippen LogP contribution in [0.1, 0.15) is 0 Å². The standard InChI is InChI=1S/C63H43N5Si/c1-5-23-44(24-6-1)61-64-62(45-25-21-32-49(43-45)69(46-26-7-2-8-27-46,47-28-9-3-10-29-47)48-30-11-4-12-31-48)66-63(65-61)68-59-42-20-16-36-53(59)55-38-22-37-54(60(55)68)52-35-15-19-41-58(52)67-56-39-17-13-33-50(56)51-34-14-18-40-57(51)67/h1-43H. The first-order valence-electron chi connectivity index (χ1n) is 23.5. The number of nitrogens with zero attached hydrogens (tertiary/aromatic N) is 5. The number of hydrogen-bond acceptors (Lipinski definition) is 3. The quantitative estimate of drug-likeness (QED) is 0.107. The lowest BCUT2D eigenvalue weighted by Crippen LogP contribution is -2.74. The summed E-state index contributed by atoms with van der Waals surface area (Å²) >= 11 is 0. The zero-order valence-corrected chi connectivity index (χ0v) is 38.6. The molecule has 324 valence electrons. The second kappa shape index (κ2) is 16.7. The first-order valence-corrected chi connectivity index (χ1v) is 25.5. The zero-order chi connectivity index (χ0) is 45.7. The lowest BCUT2D eigenvalue weighted by Gasteiger charge is -2.34. The summed E-state index contributed by atoms with van der Waals surface area (Å²) < 4.78 is 4.68. The molecule has 0 aliphatic heterocycles. The van der Waals surface area contributed by atoms with Crippen LogP contribution in [0.25, 0.3) is 89.2 Å². The Labute approximate surface area is 400 Å². The molecule has 5 nitrogen and oxygen atoms in total. The average Bonchev–Trinajstić information content (AvgIpc) is 3.96. The Bertz CT molecular complexity index is 3860. The van der Waals surface area contributed by atoms with E-state index in [1.807, 2.05) is 18.2 Å². The molecule has 0 bridgehead atoms. The molecule has 6 heteroatoms. The Morgan fingerprint density at radius 2 is 0.696 bits per heavy atom. The fourth-order valence-corrected chi connectivity index (χ4v) is 15.6. The summed E-state index contributed by atoms with van der Waals surface area (Å²) in [6, 6.07) is 93.8. The Balaban J connectivity index is 1.08. The minimum atomic E-state index is -2.87. The van der Waals surface area contributed by atoms with E-state index in [4.69, 9.17) is 15.0 Å². The van der Waals surface area contributed by atoms with E-state index in [-0.39, 0.29) is 0 Å². The van der Waals surface area contributed by atoms with Crippen LogP contribution in [0.4, 0.5) is 0 Å². The van der Waals surface area contributed by atoms with Crippen molar-refractivity contribution in [2.75, 3.05) is 0 Å². The lowest BCUT2D eigenvalue weighted by molar-refractivity contribution is 0.954. The number of fused-ring (bicyclic) bond motifs is 6. The molecular formula is C63H43N5Si. The van der Waals surface area contributed by atoms with Crippen molar-refractivity contribution in [2.24, 2.45) is 0 Å². The number of aromatic nitrogens is 5. The topological polar surface area (TPSA) is 48.5 Å². The van der Waals surface area contributed by atoms with Gasteiger partial charge in [-0.1, -0.05) is 237 Å². The first-order chi connectivity index (χ1) is 34.3. The van der Waals surface area contributed by atoms with Gasteiger partial charge >= 0.3 is 0 Å². The molecule has 3 heterocycles. The summed E-state index contributed by atoms with van der Waals surface area (Å²) in [4.78, 5) is 16.3. The maximum atomic E-state index is 5.55. The maximum absolute atomic E-state index is 5.55. The molecule has 0 aliphatic rings. The Kier molecular flexibility index (Phi) is 9.77. The zero-order valence-electron chi connectivity index (χ0n) is 37.6. The van der Waals surface area contributed by atoms with Gasteiger partial charge in [0.25, 0.3) is 0 Å². The molecule has 0 radical (unpaired) electrons. The minimum Gasteiger partial charge on any atom is -0.309 e. The van der Waals surface area contributed by atoms with Crippen molar-refractivity contribution in [1.29, 1.82) is 0 Å². The normalized spacial score (nSPS) is 11.8. The van der Waals surface area contributed by atoms with E-state index >= 15 is 0 Å². The van der Waals surface area contributed by atoms with Crippen LogP contribution in [0.3, 0.4) is 0 Å². The van der Waals surface area contributed by atoms with Crippen molar-refractivity contribution >= 4 is 72.4 Å². The van der Waals surface area contributed by atoms with Crippen LogP contribution in [0, 0.1) is 0 Å². The van der Waals surface area contributed by atoms with Crippen molar-refractivity contribution in [3.05, 3.63) is 261 Å². The smallest absolute Gasteiger partial charge is 0.238 e. The number of hydrogen-bond donors (Lipinski definition) is 0. The van der Waals surface area contributed by atoms with Gasteiger partial charge in [0.1, 0.15) is 0 Å². The van der Waals surface area contributed by atoms with Gasteiger partial charge in [-0.3, -0.25) is 4.57 Å². The summed E-state index contributed by atoms with van der Waals surface area (Å²) in [5, 5.41) is 9.85. The number of rotatable bonds is 9. The molecule has 0 aliphatic carbocycles. The maximum Gasteiger partial charge on any atom is 0.238 e. The average molecular weight is 898 g/mol. The summed E-state index contributed by atoms with van der Waals surface area (Å²) in [5.74, 6) is 1.76. The fourth-order valence-electron chi connectivity index (χ4n) is 10.8. The molecular weight excluding hydrogens is 855 g/mol. The van der Waals surface area contributed by atoms with Crippen LogP contribution in [-0.4, -0.2) is 32.2 Å². The molecule has 0 spiro atoms. The molecule has 69 heavy (non-hydrogen) atoms. The molecule has 0 fully saturated rings. The van der Waals surface area contributed by atoms with Gasteiger partial charge in [-0.25, -0.2) is 4.98 Å². The lowest BCUT2D eigenvalue weighted by atomic mass is 10.00. The monoisotopic (exact) mass is 897 g/mol.